The molecule has 2 rings (SSSR count). The van der Waals surface area contributed by atoms with E-state index in [1.165, 1.54) is 18.3 Å². The molecule has 1 aromatic heterocycles. The van der Waals surface area contributed by atoms with Gasteiger partial charge in [-0.15, -0.1) is 0 Å². The lowest BCUT2D eigenvalue weighted by Crippen LogP contribution is -1.98. The second-order valence-electron chi connectivity index (χ2n) is 4.12. The Morgan fingerprint density at radius 2 is 1.95 bits per heavy atom. The van der Waals surface area contributed by atoms with Crippen molar-refractivity contribution in [3.8, 4) is 11.6 Å². The van der Waals surface area contributed by atoms with Crippen LogP contribution in [0.4, 0.5) is 0 Å². The fourth-order valence-corrected chi connectivity index (χ4v) is 2.55. The first-order valence-electron chi connectivity index (χ1n) is 5.53. The minimum absolute atomic E-state index is 0.0237. The van der Waals surface area contributed by atoms with Crippen LogP contribution in [0.3, 0.4) is 0 Å². The van der Waals surface area contributed by atoms with Crippen molar-refractivity contribution in [3.05, 3.63) is 47.7 Å². The van der Waals surface area contributed by atoms with Crippen molar-refractivity contribution < 1.29 is 13.2 Å². The Kier molecular flexibility index (Phi) is 3.78. The molecule has 0 N–H and O–H groups in total. The number of aromatic nitrogens is 1. The van der Waals surface area contributed by atoms with E-state index in [4.69, 9.17) is 15.4 Å². The quantitative estimate of drug-likeness (QED) is 0.815. The molecule has 0 saturated carbocycles. The van der Waals surface area contributed by atoms with Crippen LogP contribution in [-0.2, 0) is 9.05 Å². The molecule has 6 heteroatoms. The third-order valence-electron chi connectivity index (χ3n) is 2.54. The Labute approximate surface area is 116 Å². The zero-order valence-corrected chi connectivity index (χ0v) is 12.0. The lowest BCUT2D eigenvalue weighted by Gasteiger charge is -2.10. The highest BCUT2D eigenvalue weighted by atomic mass is 35.7. The summed E-state index contributed by atoms with van der Waals surface area (Å²) in [6.45, 7) is 3.84. The van der Waals surface area contributed by atoms with Gasteiger partial charge in [0.25, 0.3) is 9.05 Å². The molecule has 0 amide bonds. The van der Waals surface area contributed by atoms with Gasteiger partial charge in [0, 0.05) is 16.9 Å². The molecule has 1 aromatic carbocycles. The van der Waals surface area contributed by atoms with Gasteiger partial charge in [0.2, 0.25) is 5.88 Å². The van der Waals surface area contributed by atoms with Crippen molar-refractivity contribution in [3.63, 3.8) is 0 Å². The van der Waals surface area contributed by atoms with Crippen LogP contribution in [0.15, 0.2) is 41.4 Å². The summed E-state index contributed by atoms with van der Waals surface area (Å²) in [6, 6.07) is 8.43. The summed E-state index contributed by atoms with van der Waals surface area (Å²) < 4.78 is 28.4. The van der Waals surface area contributed by atoms with Crippen molar-refractivity contribution in [2.45, 2.75) is 18.7 Å². The van der Waals surface area contributed by atoms with Crippen LogP contribution in [-0.4, -0.2) is 13.4 Å². The highest BCUT2D eigenvalue weighted by Gasteiger charge is 2.18. The first-order valence-corrected chi connectivity index (χ1v) is 7.83. The van der Waals surface area contributed by atoms with Gasteiger partial charge in [0.15, 0.2) is 0 Å². The van der Waals surface area contributed by atoms with E-state index in [1.807, 2.05) is 26.0 Å². The van der Waals surface area contributed by atoms with Crippen molar-refractivity contribution in [2.24, 2.45) is 0 Å². The number of nitrogens with zero attached hydrogens (tertiary/aromatic N) is 1. The van der Waals surface area contributed by atoms with E-state index < -0.39 is 9.05 Å². The monoisotopic (exact) mass is 297 g/mol. The molecule has 1 heterocycles. The number of halogens is 1. The van der Waals surface area contributed by atoms with Crippen LogP contribution < -0.4 is 4.74 Å². The average molecular weight is 298 g/mol. The lowest BCUT2D eigenvalue weighted by atomic mass is 10.1. The van der Waals surface area contributed by atoms with Gasteiger partial charge >= 0.3 is 0 Å². The molecule has 4 nitrogen and oxygen atoms in total. The predicted octanol–water partition coefficient (Wildman–Crippen LogP) is 3.42. The number of aryl methyl sites for hydroxylation is 2. The van der Waals surface area contributed by atoms with Gasteiger partial charge in [-0.25, -0.2) is 13.4 Å². The van der Waals surface area contributed by atoms with Crippen LogP contribution in [0.1, 0.15) is 11.1 Å². The van der Waals surface area contributed by atoms with Crippen LogP contribution in [0.5, 0.6) is 11.6 Å². The standard InChI is InChI=1S/C13H12ClNO3S/c1-9-5-6-11(10(2)8-9)18-13-12(19(14,16)17)4-3-7-15-13/h3-8H,1-2H3. The molecule has 0 spiro atoms. The SMILES string of the molecule is Cc1ccc(Oc2ncccc2S(=O)(=O)Cl)c(C)c1. The Morgan fingerprint density at radius 3 is 2.58 bits per heavy atom. The Morgan fingerprint density at radius 1 is 1.21 bits per heavy atom. The summed E-state index contributed by atoms with van der Waals surface area (Å²) in [5, 5.41) is 0. The van der Waals surface area contributed by atoms with E-state index >= 15 is 0 Å². The molecule has 2 aromatic rings. The van der Waals surface area contributed by atoms with Gasteiger partial charge in [-0.05, 0) is 37.6 Å². The summed E-state index contributed by atoms with van der Waals surface area (Å²) in [7, 11) is 1.46. The maximum Gasteiger partial charge on any atom is 0.266 e. The summed E-state index contributed by atoms with van der Waals surface area (Å²) >= 11 is 0. The predicted molar refractivity (Wildman–Crippen MR) is 73.3 cm³/mol. The maximum atomic E-state index is 11.4. The van der Waals surface area contributed by atoms with E-state index in [1.54, 1.807) is 6.07 Å². The molecular weight excluding hydrogens is 286 g/mol. The highest BCUT2D eigenvalue weighted by Crippen LogP contribution is 2.30. The van der Waals surface area contributed by atoms with Gasteiger partial charge in [0.05, 0.1) is 0 Å². The van der Waals surface area contributed by atoms with Crippen molar-refractivity contribution >= 4 is 19.7 Å². The van der Waals surface area contributed by atoms with E-state index in [9.17, 15) is 8.42 Å². The number of ether oxygens (including phenoxy) is 1. The van der Waals surface area contributed by atoms with Crippen molar-refractivity contribution in [2.75, 3.05) is 0 Å². The zero-order chi connectivity index (χ0) is 14.0. The van der Waals surface area contributed by atoms with E-state index in [-0.39, 0.29) is 10.8 Å². The minimum Gasteiger partial charge on any atom is -0.437 e. The second-order valence-corrected chi connectivity index (χ2v) is 6.65. The molecule has 0 aliphatic carbocycles. The fraction of sp³-hybridized carbons (Fsp3) is 0.154. The topological polar surface area (TPSA) is 56.3 Å². The van der Waals surface area contributed by atoms with Crippen LogP contribution in [0, 0.1) is 13.8 Å². The molecule has 0 unspecified atom stereocenters. The molecule has 0 saturated heterocycles. The summed E-state index contributed by atoms with van der Waals surface area (Å²) in [5.74, 6) is 0.523. The normalized spacial score (nSPS) is 11.3. The van der Waals surface area contributed by atoms with Gasteiger partial charge in [0.1, 0.15) is 10.6 Å². The average Bonchev–Trinajstić information content (AvgIpc) is 2.32. The fourth-order valence-electron chi connectivity index (χ4n) is 1.66. The summed E-state index contributed by atoms with van der Waals surface area (Å²) in [5.41, 5.74) is 1.99. The van der Waals surface area contributed by atoms with E-state index in [0.29, 0.717) is 5.75 Å². The largest absolute Gasteiger partial charge is 0.437 e. The molecule has 0 bridgehead atoms. The molecule has 19 heavy (non-hydrogen) atoms. The Bertz CT molecular complexity index is 714. The van der Waals surface area contributed by atoms with Gasteiger partial charge in [-0.3, -0.25) is 0 Å². The molecule has 0 fully saturated rings. The Balaban J connectivity index is 2.44. The van der Waals surface area contributed by atoms with Gasteiger partial charge < -0.3 is 4.74 Å². The first-order chi connectivity index (χ1) is 8.88. The number of rotatable bonds is 3. The number of hydrogen-bond donors (Lipinski definition) is 0. The third-order valence-corrected chi connectivity index (χ3v) is 3.87. The number of hydrogen-bond acceptors (Lipinski definition) is 4. The van der Waals surface area contributed by atoms with Crippen molar-refractivity contribution in [1.82, 2.24) is 4.98 Å². The van der Waals surface area contributed by atoms with E-state index in [2.05, 4.69) is 4.98 Å². The minimum atomic E-state index is -3.89. The number of benzene rings is 1. The maximum absolute atomic E-state index is 11.4. The molecule has 0 aliphatic rings. The Hall–Kier alpha value is -1.59. The lowest BCUT2D eigenvalue weighted by molar-refractivity contribution is 0.444. The zero-order valence-electron chi connectivity index (χ0n) is 10.4. The summed E-state index contributed by atoms with van der Waals surface area (Å²) in [4.78, 5) is 3.78. The van der Waals surface area contributed by atoms with E-state index in [0.717, 1.165) is 11.1 Å². The van der Waals surface area contributed by atoms with Gasteiger partial charge in [-0.1, -0.05) is 17.7 Å². The highest BCUT2D eigenvalue weighted by molar-refractivity contribution is 8.13. The van der Waals surface area contributed by atoms with Crippen LogP contribution in [0.25, 0.3) is 0 Å². The summed E-state index contributed by atoms with van der Waals surface area (Å²) in [6.07, 6.45) is 1.45. The third kappa shape index (κ3) is 3.24. The molecule has 0 radical (unpaired) electrons. The van der Waals surface area contributed by atoms with Crippen LogP contribution in [0.2, 0.25) is 0 Å². The molecule has 0 atom stereocenters. The number of pyridine rings is 1. The second kappa shape index (κ2) is 5.19. The molecule has 0 aliphatic heterocycles. The van der Waals surface area contributed by atoms with Crippen molar-refractivity contribution in [1.29, 1.82) is 0 Å². The smallest absolute Gasteiger partial charge is 0.266 e. The van der Waals surface area contributed by atoms with Gasteiger partial charge in [-0.2, -0.15) is 0 Å². The molecular formula is C13H12ClNO3S. The molecule has 100 valence electrons. The van der Waals surface area contributed by atoms with Crippen LogP contribution >= 0.6 is 10.7 Å². The first kappa shape index (κ1) is 13.8.